The summed E-state index contributed by atoms with van der Waals surface area (Å²) in [5.41, 5.74) is 0.700. The maximum atomic E-state index is 13.0. The zero-order valence-corrected chi connectivity index (χ0v) is 16.7. The molecule has 0 atom stereocenters. The summed E-state index contributed by atoms with van der Waals surface area (Å²) in [7, 11) is 0. The fraction of sp³-hybridized carbons (Fsp3) is 0.300. The summed E-state index contributed by atoms with van der Waals surface area (Å²) in [4.78, 5) is 30.5. The average molecular weight is 413 g/mol. The van der Waals surface area contributed by atoms with Gasteiger partial charge in [-0.05, 0) is 37.3 Å². The molecule has 1 aliphatic heterocycles. The molecule has 0 unspecified atom stereocenters. The molecule has 1 fully saturated rings. The molecule has 3 heterocycles. The number of piperazine rings is 1. The molecule has 1 amide bonds. The molecule has 3 aromatic rings. The normalized spacial score (nSPS) is 14.1. The summed E-state index contributed by atoms with van der Waals surface area (Å²) >= 11 is 1.34. The zero-order valence-electron chi connectivity index (χ0n) is 15.9. The average Bonchev–Trinajstić information content (AvgIpc) is 3.14. The Bertz CT molecular complexity index is 972. The van der Waals surface area contributed by atoms with Crippen LogP contribution in [0.5, 0.6) is 5.75 Å². The first-order valence-electron chi connectivity index (χ1n) is 9.26. The number of carbonyl (C=O) groups excluding carboxylic acids is 1. The van der Waals surface area contributed by atoms with Crippen LogP contribution in [-0.2, 0) is 6.61 Å². The van der Waals surface area contributed by atoms with Gasteiger partial charge in [0.2, 0.25) is 5.95 Å². The van der Waals surface area contributed by atoms with Crippen molar-refractivity contribution in [2.24, 2.45) is 0 Å². The minimum absolute atomic E-state index is 0.0123. The Morgan fingerprint density at radius 2 is 1.83 bits per heavy atom. The lowest BCUT2D eigenvalue weighted by Crippen LogP contribution is -2.49. The van der Waals surface area contributed by atoms with Crippen LogP contribution in [0, 0.1) is 12.7 Å². The quantitative estimate of drug-likeness (QED) is 0.641. The van der Waals surface area contributed by atoms with Gasteiger partial charge in [-0.3, -0.25) is 4.79 Å². The van der Waals surface area contributed by atoms with Gasteiger partial charge in [-0.2, -0.15) is 0 Å². The molecule has 0 spiro atoms. The number of hydrogen-bond donors (Lipinski definition) is 0. The van der Waals surface area contributed by atoms with Crippen molar-refractivity contribution in [2.75, 3.05) is 31.1 Å². The lowest BCUT2D eigenvalue weighted by Gasteiger charge is -2.34. The molecule has 0 aliphatic carbocycles. The van der Waals surface area contributed by atoms with Gasteiger partial charge < -0.3 is 14.5 Å². The fourth-order valence-electron chi connectivity index (χ4n) is 3.10. The molecule has 0 bridgehead atoms. The van der Waals surface area contributed by atoms with Gasteiger partial charge in [-0.25, -0.2) is 19.3 Å². The van der Waals surface area contributed by atoms with Crippen LogP contribution in [0.2, 0.25) is 0 Å². The molecule has 2 aromatic heterocycles. The van der Waals surface area contributed by atoms with Gasteiger partial charge in [0.25, 0.3) is 5.91 Å². The summed E-state index contributed by atoms with van der Waals surface area (Å²) in [5.74, 6) is 0.927. The van der Waals surface area contributed by atoms with Crippen LogP contribution in [0.3, 0.4) is 0 Å². The first-order valence-corrected chi connectivity index (χ1v) is 10.1. The predicted molar refractivity (Wildman–Crippen MR) is 108 cm³/mol. The lowest BCUT2D eigenvalue weighted by molar-refractivity contribution is 0.0750. The van der Waals surface area contributed by atoms with Gasteiger partial charge >= 0.3 is 0 Å². The van der Waals surface area contributed by atoms with E-state index in [0.717, 1.165) is 0 Å². The van der Waals surface area contributed by atoms with E-state index in [2.05, 4.69) is 19.9 Å². The van der Waals surface area contributed by atoms with Gasteiger partial charge in [0, 0.05) is 38.6 Å². The summed E-state index contributed by atoms with van der Waals surface area (Å²) in [5, 5.41) is 0.714. The highest BCUT2D eigenvalue weighted by molar-refractivity contribution is 7.13. The van der Waals surface area contributed by atoms with Gasteiger partial charge in [0.15, 0.2) is 0 Å². The van der Waals surface area contributed by atoms with Crippen LogP contribution < -0.4 is 9.64 Å². The van der Waals surface area contributed by atoms with E-state index in [9.17, 15) is 9.18 Å². The van der Waals surface area contributed by atoms with E-state index in [-0.39, 0.29) is 18.3 Å². The van der Waals surface area contributed by atoms with Crippen molar-refractivity contribution in [3.05, 3.63) is 64.1 Å². The van der Waals surface area contributed by atoms with Crippen LogP contribution in [-0.4, -0.2) is 51.9 Å². The molecule has 0 radical (unpaired) electrons. The molecule has 1 aliphatic rings. The Kier molecular flexibility index (Phi) is 5.66. The zero-order chi connectivity index (χ0) is 20.2. The number of rotatable bonds is 5. The largest absolute Gasteiger partial charge is 0.486 e. The van der Waals surface area contributed by atoms with Crippen molar-refractivity contribution in [3.8, 4) is 5.75 Å². The Balaban J connectivity index is 1.36. The van der Waals surface area contributed by atoms with E-state index in [1.165, 1.54) is 23.5 Å². The number of thiazole rings is 1. The van der Waals surface area contributed by atoms with E-state index in [1.54, 1.807) is 30.6 Å². The van der Waals surface area contributed by atoms with Gasteiger partial charge in [0.1, 0.15) is 28.1 Å². The summed E-state index contributed by atoms with van der Waals surface area (Å²) < 4.78 is 18.6. The monoisotopic (exact) mass is 413 g/mol. The molecule has 29 heavy (non-hydrogen) atoms. The molecule has 9 heteroatoms. The molecule has 0 N–H and O–H groups in total. The van der Waals surface area contributed by atoms with Crippen molar-refractivity contribution < 1.29 is 13.9 Å². The molecular weight excluding hydrogens is 393 g/mol. The second-order valence-corrected chi connectivity index (χ2v) is 7.68. The molecule has 4 rings (SSSR count). The third-order valence-electron chi connectivity index (χ3n) is 4.61. The minimum Gasteiger partial charge on any atom is -0.486 e. The molecule has 1 saturated heterocycles. The van der Waals surface area contributed by atoms with E-state index in [0.29, 0.717) is 53.5 Å². The Labute approximate surface area is 171 Å². The smallest absolute Gasteiger partial charge is 0.265 e. The molecular formula is C20H20FN5O2S. The number of benzene rings is 1. The number of aromatic nitrogens is 3. The van der Waals surface area contributed by atoms with Gasteiger partial charge in [0.05, 0.1) is 5.69 Å². The first kappa shape index (κ1) is 19.3. The molecule has 7 nitrogen and oxygen atoms in total. The number of aryl methyl sites for hydroxylation is 1. The highest BCUT2D eigenvalue weighted by atomic mass is 32.1. The molecule has 1 aromatic carbocycles. The highest BCUT2D eigenvalue weighted by Crippen LogP contribution is 2.23. The van der Waals surface area contributed by atoms with Crippen molar-refractivity contribution in [1.82, 2.24) is 19.9 Å². The Morgan fingerprint density at radius 1 is 1.14 bits per heavy atom. The maximum absolute atomic E-state index is 13.0. The van der Waals surface area contributed by atoms with Crippen molar-refractivity contribution >= 4 is 23.2 Å². The number of halogens is 1. The maximum Gasteiger partial charge on any atom is 0.265 e. The fourth-order valence-corrected chi connectivity index (χ4v) is 4.04. The SMILES string of the molecule is Cc1nc(COc2ccc(F)cc2)sc1C(=O)N1CCN(c2ncccn2)CC1. The van der Waals surface area contributed by atoms with Gasteiger partial charge in [-0.15, -0.1) is 11.3 Å². The number of hydrogen-bond acceptors (Lipinski definition) is 7. The van der Waals surface area contributed by atoms with Crippen LogP contribution >= 0.6 is 11.3 Å². The lowest BCUT2D eigenvalue weighted by atomic mass is 10.3. The highest BCUT2D eigenvalue weighted by Gasteiger charge is 2.26. The predicted octanol–water partition coefficient (Wildman–Crippen LogP) is 2.92. The number of amides is 1. The van der Waals surface area contributed by atoms with Crippen LogP contribution in [0.25, 0.3) is 0 Å². The number of ether oxygens (including phenoxy) is 1. The number of anilines is 1. The summed E-state index contributed by atoms with van der Waals surface area (Å²) in [6.45, 7) is 4.66. The second-order valence-electron chi connectivity index (χ2n) is 6.59. The van der Waals surface area contributed by atoms with Crippen molar-refractivity contribution in [2.45, 2.75) is 13.5 Å². The minimum atomic E-state index is -0.311. The molecule has 0 saturated carbocycles. The van der Waals surface area contributed by atoms with Gasteiger partial charge in [-0.1, -0.05) is 0 Å². The first-order chi connectivity index (χ1) is 14.1. The van der Waals surface area contributed by atoms with E-state index < -0.39 is 0 Å². The summed E-state index contributed by atoms with van der Waals surface area (Å²) in [6.07, 6.45) is 3.44. The summed E-state index contributed by atoms with van der Waals surface area (Å²) in [6, 6.07) is 7.61. The van der Waals surface area contributed by atoms with Crippen LogP contribution in [0.1, 0.15) is 20.4 Å². The second kappa shape index (κ2) is 8.52. The third kappa shape index (κ3) is 4.51. The molecule has 150 valence electrons. The topological polar surface area (TPSA) is 71.5 Å². The third-order valence-corrected chi connectivity index (χ3v) is 5.73. The van der Waals surface area contributed by atoms with E-state index in [4.69, 9.17) is 4.74 Å². The van der Waals surface area contributed by atoms with Crippen molar-refractivity contribution in [1.29, 1.82) is 0 Å². The standard InChI is InChI=1S/C20H20FN5O2S/c1-14-18(29-17(24-14)13-28-16-5-3-15(21)4-6-16)19(27)25-9-11-26(12-10-25)20-22-7-2-8-23-20/h2-8H,9-13H2,1H3. The Morgan fingerprint density at radius 3 is 2.52 bits per heavy atom. The van der Waals surface area contributed by atoms with E-state index >= 15 is 0 Å². The number of carbonyl (C=O) groups is 1. The van der Waals surface area contributed by atoms with Crippen LogP contribution in [0.15, 0.2) is 42.7 Å². The Hall–Kier alpha value is -3.07. The van der Waals surface area contributed by atoms with Crippen LogP contribution in [0.4, 0.5) is 10.3 Å². The number of nitrogens with zero attached hydrogens (tertiary/aromatic N) is 5. The van der Waals surface area contributed by atoms with Crippen molar-refractivity contribution in [3.63, 3.8) is 0 Å². The van der Waals surface area contributed by atoms with E-state index in [1.807, 2.05) is 11.8 Å².